The van der Waals surface area contributed by atoms with Crippen LogP contribution in [0.4, 0.5) is 5.69 Å². The molecule has 0 saturated heterocycles. The van der Waals surface area contributed by atoms with E-state index in [2.05, 4.69) is 23.5 Å². The van der Waals surface area contributed by atoms with Crippen molar-refractivity contribution in [2.45, 2.75) is 0 Å². The lowest BCUT2D eigenvalue weighted by Gasteiger charge is -2.02. The van der Waals surface area contributed by atoms with E-state index in [1.807, 2.05) is 25.2 Å². The lowest BCUT2D eigenvalue weighted by atomic mass is 10.1. The van der Waals surface area contributed by atoms with E-state index in [-0.39, 0.29) is 0 Å². The molecule has 0 aliphatic carbocycles. The second-order valence-corrected chi connectivity index (χ2v) is 3.39. The molecule has 0 spiro atoms. The molecular weight excluding hydrogens is 182 g/mol. The van der Waals surface area contributed by atoms with Crippen molar-refractivity contribution >= 4 is 28.1 Å². The highest BCUT2D eigenvalue weighted by Crippen LogP contribution is 2.22. The Morgan fingerprint density at radius 1 is 1.00 bits per heavy atom. The molecule has 0 amide bonds. The van der Waals surface area contributed by atoms with Crippen LogP contribution >= 0.6 is 11.6 Å². The van der Waals surface area contributed by atoms with E-state index in [9.17, 15) is 0 Å². The first-order valence-electron chi connectivity index (χ1n) is 4.17. The van der Waals surface area contributed by atoms with Crippen molar-refractivity contribution in [2.75, 3.05) is 12.4 Å². The summed E-state index contributed by atoms with van der Waals surface area (Å²) in [7, 11) is 1.91. The highest BCUT2D eigenvalue weighted by Gasteiger charge is 1.95. The van der Waals surface area contributed by atoms with Gasteiger partial charge in [-0.1, -0.05) is 23.7 Å². The Morgan fingerprint density at radius 2 is 1.77 bits per heavy atom. The van der Waals surface area contributed by atoms with Crippen LogP contribution in [0.1, 0.15) is 0 Å². The zero-order chi connectivity index (χ0) is 9.26. The van der Waals surface area contributed by atoms with Crippen molar-refractivity contribution < 1.29 is 0 Å². The van der Waals surface area contributed by atoms with Gasteiger partial charge < -0.3 is 5.32 Å². The van der Waals surface area contributed by atoms with Crippen molar-refractivity contribution in [3.8, 4) is 0 Å². The van der Waals surface area contributed by atoms with E-state index in [0.717, 1.165) is 10.7 Å². The minimum absolute atomic E-state index is 0.778. The van der Waals surface area contributed by atoms with Gasteiger partial charge in [0.1, 0.15) is 0 Å². The largest absolute Gasteiger partial charge is 0.388 e. The molecule has 2 aromatic rings. The third-order valence-corrected chi connectivity index (χ3v) is 2.33. The summed E-state index contributed by atoms with van der Waals surface area (Å²) < 4.78 is 0. The lowest BCUT2D eigenvalue weighted by Crippen LogP contribution is -1.86. The van der Waals surface area contributed by atoms with Crippen LogP contribution in [0, 0.1) is 0 Å². The summed E-state index contributed by atoms with van der Waals surface area (Å²) in [5, 5.41) is 6.25. The van der Waals surface area contributed by atoms with E-state index in [4.69, 9.17) is 11.6 Å². The second-order valence-electron chi connectivity index (χ2n) is 2.96. The number of anilines is 1. The van der Waals surface area contributed by atoms with Gasteiger partial charge in [-0.25, -0.2) is 0 Å². The Balaban J connectivity index is 2.68. The minimum Gasteiger partial charge on any atom is -0.388 e. The maximum Gasteiger partial charge on any atom is 0.0412 e. The molecule has 0 aromatic heterocycles. The van der Waals surface area contributed by atoms with Crippen LogP contribution in [0.25, 0.3) is 10.8 Å². The predicted octanol–water partition coefficient (Wildman–Crippen LogP) is 3.53. The first kappa shape index (κ1) is 8.39. The molecule has 2 rings (SSSR count). The average Bonchev–Trinajstić information content (AvgIpc) is 2.16. The molecule has 2 heteroatoms. The number of fused-ring (bicyclic) bond motifs is 1. The van der Waals surface area contributed by atoms with Crippen molar-refractivity contribution in [1.29, 1.82) is 0 Å². The molecule has 0 bridgehead atoms. The van der Waals surface area contributed by atoms with E-state index in [1.54, 1.807) is 0 Å². The molecule has 0 unspecified atom stereocenters. The van der Waals surface area contributed by atoms with Crippen LogP contribution in [-0.2, 0) is 0 Å². The van der Waals surface area contributed by atoms with Gasteiger partial charge in [0.2, 0.25) is 0 Å². The van der Waals surface area contributed by atoms with Crippen LogP contribution < -0.4 is 5.32 Å². The van der Waals surface area contributed by atoms with Crippen LogP contribution in [-0.4, -0.2) is 7.05 Å². The van der Waals surface area contributed by atoms with Crippen molar-refractivity contribution in [3.63, 3.8) is 0 Å². The van der Waals surface area contributed by atoms with E-state index in [0.29, 0.717) is 0 Å². The number of nitrogens with one attached hydrogen (secondary N) is 1. The summed E-state index contributed by atoms with van der Waals surface area (Å²) >= 11 is 5.89. The SMILES string of the molecule is CNc1ccc2ccc(Cl)cc2c1. The van der Waals surface area contributed by atoms with Crippen LogP contribution in [0.3, 0.4) is 0 Å². The molecular formula is C11H10ClN. The molecule has 0 aliphatic heterocycles. The van der Waals surface area contributed by atoms with Crippen LogP contribution in [0.5, 0.6) is 0 Å². The molecule has 0 fully saturated rings. The number of hydrogen-bond donors (Lipinski definition) is 1. The molecule has 1 N–H and O–H groups in total. The second kappa shape index (κ2) is 3.27. The molecule has 2 aromatic carbocycles. The highest BCUT2D eigenvalue weighted by atomic mass is 35.5. The third kappa shape index (κ3) is 1.61. The van der Waals surface area contributed by atoms with Gasteiger partial charge in [0, 0.05) is 17.8 Å². The number of benzene rings is 2. The third-order valence-electron chi connectivity index (χ3n) is 2.09. The summed E-state index contributed by atoms with van der Waals surface area (Å²) in [5.74, 6) is 0. The number of hydrogen-bond acceptors (Lipinski definition) is 1. The summed E-state index contributed by atoms with van der Waals surface area (Å²) in [4.78, 5) is 0. The van der Waals surface area contributed by atoms with Gasteiger partial charge in [-0.3, -0.25) is 0 Å². The van der Waals surface area contributed by atoms with Crippen molar-refractivity contribution in [3.05, 3.63) is 41.4 Å². The lowest BCUT2D eigenvalue weighted by molar-refractivity contribution is 1.53. The zero-order valence-electron chi connectivity index (χ0n) is 7.34. The van der Waals surface area contributed by atoms with E-state index >= 15 is 0 Å². The number of rotatable bonds is 1. The van der Waals surface area contributed by atoms with Gasteiger partial charge in [-0.2, -0.15) is 0 Å². The molecule has 0 heterocycles. The van der Waals surface area contributed by atoms with E-state index in [1.165, 1.54) is 10.8 Å². The molecule has 0 radical (unpaired) electrons. The van der Waals surface area contributed by atoms with Gasteiger partial charge in [0.25, 0.3) is 0 Å². The summed E-state index contributed by atoms with van der Waals surface area (Å²) in [6.07, 6.45) is 0. The fourth-order valence-corrected chi connectivity index (χ4v) is 1.55. The normalized spacial score (nSPS) is 10.3. The first-order valence-corrected chi connectivity index (χ1v) is 4.54. The average molecular weight is 192 g/mol. The maximum absolute atomic E-state index is 5.89. The van der Waals surface area contributed by atoms with E-state index < -0.39 is 0 Å². The number of halogens is 1. The smallest absolute Gasteiger partial charge is 0.0412 e. The molecule has 0 saturated carbocycles. The minimum atomic E-state index is 0.778. The maximum atomic E-state index is 5.89. The van der Waals surface area contributed by atoms with Crippen LogP contribution in [0.2, 0.25) is 5.02 Å². The summed E-state index contributed by atoms with van der Waals surface area (Å²) in [6.45, 7) is 0. The first-order chi connectivity index (χ1) is 6.29. The zero-order valence-corrected chi connectivity index (χ0v) is 8.10. The molecule has 1 nitrogen and oxygen atoms in total. The van der Waals surface area contributed by atoms with Crippen molar-refractivity contribution in [1.82, 2.24) is 0 Å². The fraction of sp³-hybridized carbons (Fsp3) is 0.0909. The Labute approximate surface area is 82.3 Å². The molecule has 0 atom stereocenters. The van der Waals surface area contributed by atoms with Gasteiger partial charge in [0.05, 0.1) is 0 Å². The van der Waals surface area contributed by atoms with Gasteiger partial charge >= 0.3 is 0 Å². The Morgan fingerprint density at radius 3 is 2.54 bits per heavy atom. The quantitative estimate of drug-likeness (QED) is 0.727. The Hall–Kier alpha value is -1.21. The van der Waals surface area contributed by atoms with Crippen LogP contribution in [0.15, 0.2) is 36.4 Å². The Kier molecular flexibility index (Phi) is 2.11. The molecule has 66 valence electrons. The Bertz CT molecular complexity index is 437. The topological polar surface area (TPSA) is 12.0 Å². The predicted molar refractivity (Wildman–Crippen MR) is 58.5 cm³/mol. The standard InChI is InChI=1S/C11H10ClN/c1-13-11-5-3-8-2-4-10(12)6-9(8)7-11/h2-7,13H,1H3. The summed E-state index contributed by atoms with van der Waals surface area (Å²) in [6, 6.07) is 12.1. The molecule has 13 heavy (non-hydrogen) atoms. The van der Waals surface area contributed by atoms with Gasteiger partial charge in [-0.05, 0) is 35.0 Å². The monoisotopic (exact) mass is 191 g/mol. The fourth-order valence-electron chi connectivity index (χ4n) is 1.37. The van der Waals surface area contributed by atoms with Crippen molar-refractivity contribution in [2.24, 2.45) is 0 Å². The van der Waals surface area contributed by atoms with Gasteiger partial charge in [-0.15, -0.1) is 0 Å². The highest BCUT2D eigenvalue weighted by molar-refractivity contribution is 6.31. The molecule has 0 aliphatic rings. The van der Waals surface area contributed by atoms with Gasteiger partial charge in [0.15, 0.2) is 0 Å². The summed E-state index contributed by atoms with van der Waals surface area (Å²) in [5.41, 5.74) is 1.11.